The summed E-state index contributed by atoms with van der Waals surface area (Å²) >= 11 is 5.72. The van der Waals surface area contributed by atoms with Gasteiger partial charge in [-0.2, -0.15) is 0 Å². The van der Waals surface area contributed by atoms with Gasteiger partial charge in [0, 0.05) is 18.3 Å². The van der Waals surface area contributed by atoms with Crippen LogP contribution in [-0.4, -0.2) is 37.0 Å². The van der Waals surface area contributed by atoms with Crippen LogP contribution in [-0.2, 0) is 0 Å². The molecule has 0 saturated heterocycles. The van der Waals surface area contributed by atoms with Crippen LogP contribution < -0.4 is 5.32 Å². The van der Waals surface area contributed by atoms with Gasteiger partial charge in [-0.1, -0.05) is 11.6 Å². The molecule has 6 heteroatoms. The Labute approximate surface area is 106 Å². The maximum Gasteiger partial charge on any atom is 0.289 e. The first-order chi connectivity index (χ1) is 8.00. The Morgan fingerprint density at radius 2 is 2.18 bits per heavy atom. The number of nitrogens with zero attached hydrogens (tertiary/aromatic N) is 2. The van der Waals surface area contributed by atoms with Crippen molar-refractivity contribution in [3.63, 3.8) is 0 Å². The highest BCUT2D eigenvalue weighted by molar-refractivity contribution is 6.32. The van der Waals surface area contributed by atoms with E-state index in [1.165, 1.54) is 12.1 Å². The molecular weight excluding hydrogens is 242 g/mol. The lowest BCUT2D eigenvalue weighted by Gasteiger charge is -2.10. The van der Waals surface area contributed by atoms with Crippen molar-refractivity contribution in [3.8, 4) is 0 Å². The molecule has 94 valence electrons. The van der Waals surface area contributed by atoms with Crippen LogP contribution in [0.5, 0.6) is 0 Å². The first-order valence-corrected chi connectivity index (χ1v) is 5.71. The van der Waals surface area contributed by atoms with Crippen molar-refractivity contribution in [2.24, 2.45) is 0 Å². The molecule has 1 N–H and O–H groups in total. The largest absolute Gasteiger partial charge is 0.385 e. The summed E-state index contributed by atoms with van der Waals surface area (Å²) in [6, 6.07) is 4.73. The van der Waals surface area contributed by atoms with E-state index in [9.17, 15) is 10.1 Å². The molecule has 0 spiro atoms. The van der Waals surface area contributed by atoms with Gasteiger partial charge in [-0.15, -0.1) is 0 Å². The third-order valence-electron chi connectivity index (χ3n) is 2.25. The fourth-order valence-corrected chi connectivity index (χ4v) is 1.58. The van der Waals surface area contributed by atoms with Crippen molar-refractivity contribution in [1.82, 2.24) is 4.90 Å². The van der Waals surface area contributed by atoms with E-state index < -0.39 is 4.92 Å². The van der Waals surface area contributed by atoms with E-state index in [1.807, 2.05) is 14.1 Å². The Morgan fingerprint density at radius 1 is 1.47 bits per heavy atom. The summed E-state index contributed by atoms with van der Waals surface area (Å²) in [6.45, 7) is 1.75. The van der Waals surface area contributed by atoms with Gasteiger partial charge in [0.25, 0.3) is 5.69 Å². The maximum absolute atomic E-state index is 10.7. The smallest absolute Gasteiger partial charge is 0.289 e. The van der Waals surface area contributed by atoms with Crippen LogP contribution in [0.1, 0.15) is 6.42 Å². The molecule has 0 heterocycles. The number of benzene rings is 1. The first kappa shape index (κ1) is 13.7. The molecule has 0 aliphatic carbocycles. The van der Waals surface area contributed by atoms with E-state index in [2.05, 4.69) is 10.2 Å². The van der Waals surface area contributed by atoms with Crippen molar-refractivity contribution >= 4 is 23.0 Å². The normalized spacial score (nSPS) is 10.6. The van der Waals surface area contributed by atoms with Gasteiger partial charge in [0.2, 0.25) is 0 Å². The van der Waals surface area contributed by atoms with Gasteiger partial charge in [0.1, 0.15) is 5.02 Å². The van der Waals surface area contributed by atoms with Gasteiger partial charge >= 0.3 is 0 Å². The minimum Gasteiger partial charge on any atom is -0.385 e. The third kappa shape index (κ3) is 4.58. The van der Waals surface area contributed by atoms with Gasteiger partial charge in [-0.3, -0.25) is 10.1 Å². The van der Waals surface area contributed by atoms with Crippen LogP contribution in [0.25, 0.3) is 0 Å². The number of nitro groups is 1. The SMILES string of the molecule is CN(C)CCCNc1ccc(Cl)c([N+](=O)[O-])c1. The molecule has 1 rings (SSSR count). The zero-order valence-electron chi connectivity index (χ0n) is 9.94. The average Bonchev–Trinajstić information content (AvgIpc) is 2.25. The molecule has 0 bridgehead atoms. The summed E-state index contributed by atoms with van der Waals surface area (Å²) in [5, 5.41) is 14.0. The predicted molar refractivity (Wildman–Crippen MR) is 69.8 cm³/mol. The summed E-state index contributed by atoms with van der Waals surface area (Å²) in [6.07, 6.45) is 0.976. The number of hydrogen-bond donors (Lipinski definition) is 1. The molecule has 1 aromatic rings. The molecule has 1 aromatic carbocycles. The molecule has 0 unspecified atom stereocenters. The summed E-state index contributed by atoms with van der Waals surface area (Å²) in [5.41, 5.74) is 0.657. The van der Waals surface area contributed by atoms with Crippen molar-refractivity contribution in [3.05, 3.63) is 33.3 Å². The van der Waals surface area contributed by atoms with Crippen LogP contribution in [0.15, 0.2) is 18.2 Å². The van der Waals surface area contributed by atoms with Gasteiger partial charge < -0.3 is 10.2 Å². The molecule has 0 aliphatic rings. The van der Waals surface area contributed by atoms with Crippen LogP contribution in [0.3, 0.4) is 0 Å². The molecule has 0 fully saturated rings. The van der Waals surface area contributed by atoms with Crippen molar-refractivity contribution in [2.75, 3.05) is 32.5 Å². The van der Waals surface area contributed by atoms with Crippen molar-refractivity contribution in [1.29, 1.82) is 0 Å². The molecule has 0 saturated carbocycles. The summed E-state index contributed by atoms with van der Waals surface area (Å²) in [4.78, 5) is 12.3. The second-order valence-electron chi connectivity index (χ2n) is 4.01. The van der Waals surface area contributed by atoms with Crippen LogP contribution in [0.2, 0.25) is 5.02 Å². The lowest BCUT2D eigenvalue weighted by molar-refractivity contribution is -0.384. The average molecular weight is 258 g/mol. The van der Waals surface area contributed by atoms with Crippen molar-refractivity contribution in [2.45, 2.75) is 6.42 Å². The lowest BCUT2D eigenvalue weighted by atomic mass is 10.2. The zero-order chi connectivity index (χ0) is 12.8. The van der Waals surface area contributed by atoms with E-state index in [4.69, 9.17) is 11.6 Å². The van der Waals surface area contributed by atoms with E-state index in [0.717, 1.165) is 25.2 Å². The highest BCUT2D eigenvalue weighted by Crippen LogP contribution is 2.27. The third-order valence-corrected chi connectivity index (χ3v) is 2.57. The van der Waals surface area contributed by atoms with Crippen LogP contribution >= 0.6 is 11.6 Å². The molecule has 0 amide bonds. The first-order valence-electron chi connectivity index (χ1n) is 5.33. The van der Waals surface area contributed by atoms with Crippen LogP contribution in [0, 0.1) is 10.1 Å². The molecule has 5 nitrogen and oxygen atoms in total. The summed E-state index contributed by atoms with van der Waals surface area (Å²) in [5.74, 6) is 0. The van der Waals surface area contributed by atoms with Gasteiger partial charge in [0.05, 0.1) is 4.92 Å². The highest BCUT2D eigenvalue weighted by atomic mass is 35.5. The standard InChI is InChI=1S/C11H16ClN3O2/c1-14(2)7-3-6-13-9-4-5-10(12)11(8-9)15(16)17/h4-5,8,13H,3,6-7H2,1-2H3. The summed E-state index contributed by atoms with van der Waals surface area (Å²) < 4.78 is 0. The van der Waals surface area contributed by atoms with Gasteiger partial charge in [-0.25, -0.2) is 0 Å². The second kappa shape index (κ2) is 6.42. The predicted octanol–water partition coefficient (Wildman–Crippen LogP) is 2.61. The molecule has 0 radical (unpaired) electrons. The number of nitro benzene ring substituents is 1. The number of hydrogen-bond acceptors (Lipinski definition) is 4. The topological polar surface area (TPSA) is 58.4 Å². The summed E-state index contributed by atoms with van der Waals surface area (Å²) in [7, 11) is 4.01. The maximum atomic E-state index is 10.7. The highest BCUT2D eigenvalue weighted by Gasteiger charge is 2.12. The fraction of sp³-hybridized carbons (Fsp3) is 0.455. The molecule has 0 atom stereocenters. The van der Waals surface area contributed by atoms with Gasteiger partial charge in [0.15, 0.2) is 0 Å². The minimum absolute atomic E-state index is 0.0655. The quantitative estimate of drug-likeness (QED) is 0.484. The van der Waals surface area contributed by atoms with E-state index in [0.29, 0.717) is 0 Å². The van der Waals surface area contributed by atoms with E-state index >= 15 is 0 Å². The number of nitrogens with one attached hydrogen (secondary N) is 1. The number of rotatable bonds is 6. The molecule has 0 aliphatic heterocycles. The van der Waals surface area contributed by atoms with Gasteiger partial charge in [-0.05, 0) is 39.2 Å². The molecule has 17 heavy (non-hydrogen) atoms. The lowest BCUT2D eigenvalue weighted by Crippen LogP contribution is -2.16. The molecular formula is C11H16ClN3O2. The number of halogens is 1. The molecule has 0 aromatic heterocycles. The van der Waals surface area contributed by atoms with Crippen molar-refractivity contribution < 1.29 is 4.92 Å². The Morgan fingerprint density at radius 3 is 2.76 bits per heavy atom. The van der Waals surface area contributed by atoms with Crippen LogP contribution in [0.4, 0.5) is 11.4 Å². The Kier molecular flexibility index (Phi) is 5.18. The monoisotopic (exact) mass is 257 g/mol. The van der Waals surface area contributed by atoms with E-state index in [1.54, 1.807) is 6.07 Å². The zero-order valence-corrected chi connectivity index (χ0v) is 10.7. The second-order valence-corrected chi connectivity index (χ2v) is 4.41. The number of anilines is 1. The Balaban J connectivity index is 2.54. The Bertz CT molecular complexity index is 396. The minimum atomic E-state index is -0.479. The Hall–Kier alpha value is -1.33. The van der Waals surface area contributed by atoms with E-state index in [-0.39, 0.29) is 10.7 Å². The fourth-order valence-electron chi connectivity index (χ4n) is 1.39.